The maximum absolute atomic E-state index is 12.7. The van der Waals surface area contributed by atoms with Gasteiger partial charge in [-0.3, -0.25) is 19.3 Å². The summed E-state index contributed by atoms with van der Waals surface area (Å²) < 4.78 is 0. The third kappa shape index (κ3) is 2.66. The fourth-order valence-corrected chi connectivity index (χ4v) is 4.24. The van der Waals surface area contributed by atoms with E-state index in [0.29, 0.717) is 0 Å². The first-order valence-electron chi connectivity index (χ1n) is 8.77. The van der Waals surface area contributed by atoms with Crippen molar-refractivity contribution in [3.63, 3.8) is 0 Å². The number of imide groups is 1. The molecule has 0 aromatic heterocycles. The van der Waals surface area contributed by atoms with Crippen molar-refractivity contribution in [3.8, 4) is 0 Å². The summed E-state index contributed by atoms with van der Waals surface area (Å²) in [6, 6.07) is -0.635. The second kappa shape index (κ2) is 6.39. The van der Waals surface area contributed by atoms with Crippen LogP contribution in [0.4, 0.5) is 0 Å². The standard InChI is InChI=1S/C17H26N2O3/c1-12(15(20)18-10-6-2-3-7-11-18)19-16(21)13-8-4-5-9-14(13)17(19)22/h12-14H,2-11H2,1H3. The molecule has 3 unspecified atom stereocenters. The average molecular weight is 306 g/mol. The lowest BCUT2D eigenvalue weighted by atomic mass is 9.81. The topological polar surface area (TPSA) is 57.7 Å². The molecule has 3 aliphatic rings. The highest BCUT2D eigenvalue weighted by atomic mass is 16.2. The number of nitrogens with zero attached hydrogens (tertiary/aromatic N) is 2. The van der Waals surface area contributed by atoms with Gasteiger partial charge in [-0.25, -0.2) is 0 Å². The highest BCUT2D eigenvalue weighted by Crippen LogP contribution is 2.39. The summed E-state index contributed by atoms with van der Waals surface area (Å²) >= 11 is 0. The second-order valence-corrected chi connectivity index (χ2v) is 6.96. The van der Waals surface area contributed by atoms with Gasteiger partial charge in [-0.05, 0) is 32.6 Å². The van der Waals surface area contributed by atoms with Crippen LogP contribution in [0, 0.1) is 11.8 Å². The van der Waals surface area contributed by atoms with Crippen molar-refractivity contribution in [2.24, 2.45) is 11.8 Å². The van der Waals surface area contributed by atoms with E-state index in [4.69, 9.17) is 0 Å². The molecule has 0 bridgehead atoms. The van der Waals surface area contributed by atoms with Crippen LogP contribution in [0.1, 0.15) is 58.3 Å². The third-order valence-corrected chi connectivity index (χ3v) is 5.54. The van der Waals surface area contributed by atoms with Gasteiger partial charge in [-0.15, -0.1) is 0 Å². The van der Waals surface area contributed by atoms with Gasteiger partial charge >= 0.3 is 0 Å². The Balaban J connectivity index is 1.73. The fraction of sp³-hybridized carbons (Fsp3) is 0.824. The summed E-state index contributed by atoms with van der Waals surface area (Å²) in [5, 5.41) is 0. The smallest absolute Gasteiger partial charge is 0.245 e. The third-order valence-electron chi connectivity index (χ3n) is 5.54. The van der Waals surface area contributed by atoms with Gasteiger partial charge in [0, 0.05) is 13.1 Å². The van der Waals surface area contributed by atoms with Crippen molar-refractivity contribution in [3.05, 3.63) is 0 Å². The molecule has 1 aliphatic carbocycles. The molecule has 5 nitrogen and oxygen atoms in total. The SMILES string of the molecule is CC(C(=O)N1CCCCCC1)N1C(=O)C2CCCCC2C1=O. The highest BCUT2D eigenvalue weighted by Gasteiger charge is 2.51. The fourth-order valence-electron chi connectivity index (χ4n) is 4.24. The molecule has 0 spiro atoms. The van der Waals surface area contributed by atoms with Gasteiger partial charge in [0.25, 0.3) is 0 Å². The van der Waals surface area contributed by atoms with Crippen LogP contribution in [-0.4, -0.2) is 46.7 Å². The van der Waals surface area contributed by atoms with Crippen LogP contribution in [-0.2, 0) is 14.4 Å². The molecule has 0 N–H and O–H groups in total. The van der Waals surface area contributed by atoms with E-state index < -0.39 is 6.04 Å². The molecule has 5 heteroatoms. The Kier molecular flexibility index (Phi) is 4.50. The predicted octanol–water partition coefficient (Wildman–Crippen LogP) is 1.95. The van der Waals surface area contributed by atoms with E-state index in [-0.39, 0.29) is 29.6 Å². The van der Waals surface area contributed by atoms with Gasteiger partial charge in [0.1, 0.15) is 6.04 Å². The maximum atomic E-state index is 12.7. The van der Waals surface area contributed by atoms with Crippen molar-refractivity contribution in [1.82, 2.24) is 9.80 Å². The van der Waals surface area contributed by atoms with Gasteiger partial charge < -0.3 is 4.90 Å². The lowest BCUT2D eigenvalue weighted by Gasteiger charge is -2.28. The molecule has 3 atom stereocenters. The average Bonchev–Trinajstić information content (AvgIpc) is 2.74. The van der Waals surface area contributed by atoms with E-state index in [0.717, 1.165) is 64.5 Å². The Morgan fingerprint density at radius 3 is 1.91 bits per heavy atom. The zero-order valence-electron chi connectivity index (χ0n) is 13.4. The minimum Gasteiger partial charge on any atom is -0.341 e. The summed E-state index contributed by atoms with van der Waals surface area (Å²) in [6.07, 6.45) is 7.99. The molecule has 3 amide bonds. The Morgan fingerprint density at radius 2 is 1.41 bits per heavy atom. The van der Waals surface area contributed by atoms with Crippen LogP contribution in [0.3, 0.4) is 0 Å². The summed E-state index contributed by atoms with van der Waals surface area (Å²) in [6.45, 7) is 3.23. The van der Waals surface area contributed by atoms with Crippen molar-refractivity contribution in [1.29, 1.82) is 0 Å². The van der Waals surface area contributed by atoms with Crippen LogP contribution in [0.25, 0.3) is 0 Å². The zero-order valence-corrected chi connectivity index (χ0v) is 13.4. The molecular formula is C17H26N2O3. The number of amides is 3. The van der Waals surface area contributed by atoms with E-state index >= 15 is 0 Å². The van der Waals surface area contributed by atoms with Crippen molar-refractivity contribution in [2.75, 3.05) is 13.1 Å². The molecule has 3 rings (SSSR count). The van der Waals surface area contributed by atoms with E-state index in [9.17, 15) is 14.4 Å². The molecule has 2 heterocycles. The quantitative estimate of drug-likeness (QED) is 0.733. The van der Waals surface area contributed by atoms with E-state index in [1.165, 1.54) is 4.90 Å². The Hall–Kier alpha value is -1.39. The Bertz CT molecular complexity index is 445. The van der Waals surface area contributed by atoms with Crippen molar-refractivity contribution >= 4 is 17.7 Å². The molecule has 2 aliphatic heterocycles. The van der Waals surface area contributed by atoms with Crippen LogP contribution >= 0.6 is 0 Å². The number of likely N-dealkylation sites (tertiary alicyclic amines) is 2. The molecule has 0 aromatic carbocycles. The number of rotatable bonds is 2. The predicted molar refractivity (Wildman–Crippen MR) is 81.8 cm³/mol. The molecular weight excluding hydrogens is 280 g/mol. The molecule has 122 valence electrons. The number of hydrogen-bond acceptors (Lipinski definition) is 3. The van der Waals surface area contributed by atoms with Gasteiger partial charge in [-0.1, -0.05) is 25.7 Å². The number of fused-ring (bicyclic) bond motifs is 1. The molecule has 0 radical (unpaired) electrons. The van der Waals surface area contributed by atoms with Crippen LogP contribution < -0.4 is 0 Å². The monoisotopic (exact) mass is 306 g/mol. The first-order chi connectivity index (χ1) is 10.6. The molecule has 2 saturated heterocycles. The molecule has 22 heavy (non-hydrogen) atoms. The first-order valence-corrected chi connectivity index (χ1v) is 8.77. The first kappa shape index (κ1) is 15.5. The minimum atomic E-state index is -0.635. The van der Waals surface area contributed by atoms with Crippen LogP contribution in [0.5, 0.6) is 0 Å². The molecule has 0 aromatic rings. The lowest BCUT2D eigenvalue weighted by Crippen LogP contribution is -2.50. The van der Waals surface area contributed by atoms with Gasteiger partial charge in [0.15, 0.2) is 0 Å². The van der Waals surface area contributed by atoms with Gasteiger partial charge in [0.05, 0.1) is 11.8 Å². The number of carbonyl (C=O) groups is 3. The van der Waals surface area contributed by atoms with Gasteiger partial charge in [-0.2, -0.15) is 0 Å². The summed E-state index contributed by atoms with van der Waals surface area (Å²) in [5.41, 5.74) is 0. The lowest BCUT2D eigenvalue weighted by molar-refractivity contribution is -0.151. The minimum absolute atomic E-state index is 0.0535. The Labute approximate surface area is 132 Å². The number of carbonyl (C=O) groups excluding carboxylic acids is 3. The Morgan fingerprint density at radius 1 is 0.909 bits per heavy atom. The summed E-state index contributed by atoms with van der Waals surface area (Å²) in [7, 11) is 0. The summed E-state index contributed by atoms with van der Waals surface area (Å²) in [4.78, 5) is 41.0. The van der Waals surface area contributed by atoms with E-state index in [1.54, 1.807) is 6.92 Å². The highest BCUT2D eigenvalue weighted by molar-refractivity contribution is 6.08. The van der Waals surface area contributed by atoms with Crippen LogP contribution in [0.2, 0.25) is 0 Å². The van der Waals surface area contributed by atoms with Crippen molar-refractivity contribution in [2.45, 2.75) is 64.3 Å². The maximum Gasteiger partial charge on any atom is 0.245 e. The zero-order chi connectivity index (χ0) is 15.7. The van der Waals surface area contributed by atoms with E-state index in [2.05, 4.69) is 0 Å². The second-order valence-electron chi connectivity index (χ2n) is 6.96. The van der Waals surface area contributed by atoms with Gasteiger partial charge in [0.2, 0.25) is 17.7 Å². The molecule has 3 fully saturated rings. The normalized spacial score (nSPS) is 31.0. The summed E-state index contributed by atoms with van der Waals surface area (Å²) in [5.74, 6) is -0.598. The number of hydrogen-bond donors (Lipinski definition) is 0. The molecule has 1 saturated carbocycles. The van der Waals surface area contributed by atoms with Crippen molar-refractivity contribution < 1.29 is 14.4 Å². The largest absolute Gasteiger partial charge is 0.341 e. The van der Waals surface area contributed by atoms with Crippen LogP contribution in [0.15, 0.2) is 0 Å². The van der Waals surface area contributed by atoms with E-state index in [1.807, 2.05) is 4.90 Å².